The number of hydrogen-bond acceptors (Lipinski definition) is 2. The lowest BCUT2D eigenvalue weighted by Gasteiger charge is -2.23. The van der Waals surface area contributed by atoms with Gasteiger partial charge in [-0.15, -0.1) is 0 Å². The molecule has 2 rings (SSSR count). The molecular weight excluding hydrogens is 324 g/mol. The van der Waals surface area contributed by atoms with Gasteiger partial charge in [0.15, 0.2) is 5.96 Å². The highest BCUT2D eigenvalue weighted by atomic mass is 19.1. The van der Waals surface area contributed by atoms with E-state index in [0.717, 1.165) is 17.4 Å². The van der Waals surface area contributed by atoms with Crippen molar-refractivity contribution in [1.82, 2.24) is 10.2 Å². The third kappa shape index (κ3) is 5.17. The van der Waals surface area contributed by atoms with Crippen LogP contribution in [0.5, 0.6) is 5.75 Å². The highest BCUT2D eigenvalue weighted by Gasteiger charge is 2.10. The molecule has 2 aromatic rings. The first kappa shape index (κ1) is 18.7. The summed E-state index contributed by atoms with van der Waals surface area (Å²) in [7, 11) is 5.25. The third-order valence-electron chi connectivity index (χ3n) is 3.87. The zero-order valence-electron chi connectivity index (χ0n) is 14.7. The van der Waals surface area contributed by atoms with E-state index in [0.29, 0.717) is 31.0 Å². The number of methoxy groups -OCH3 is 1. The Morgan fingerprint density at radius 1 is 1.16 bits per heavy atom. The molecule has 0 aliphatic rings. The summed E-state index contributed by atoms with van der Waals surface area (Å²) in [4.78, 5) is 6.20. The summed E-state index contributed by atoms with van der Waals surface area (Å²) < 4.78 is 32.0. The van der Waals surface area contributed by atoms with E-state index in [1.54, 1.807) is 14.2 Å². The number of aliphatic imine (C=N–C) groups is 1. The first-order valence-electron chi connectivity index (χ1n) is 8.02. The van der Waals surface area contributed by atoms with E-state index in [2.05, 4.69) is 10.3 Å². The average molecular weight is 347 g/mol. The summed E-state index contributed by atoms with van der Waals surface area (Å²) in [6.07, 6.45) is 0.438. The van der Waals surface area contributed by atoms with Crippen LogP contribution in [0.2, 0.25) is 0 Å². The van der Waals surface area contributed by atoms with Gasteiger partial charge in [-0.25, -0.2) is 8.78 Å². The average Bonchev–Trinajstić information content (AvgIpc) is 2.60. The molecule has 1 N–H and O–H groups in total. The number of guanidine groups is 1. The maximum Gasteiger partial charge on any atom is 0.193 e. The monoisotopic (exact) mass is 347 g/mol. The summed E-state index contributed by atoms with van der Waals surface area (Å²) in [5.41, 5.74) is 1.51. The van der Waals surface area contributed by atoms with Crippen LogP contribution in [0.3, 0.4) is 0 Å². The Hall–Kier alpha value is -2.63. The summed E-state index contributed by atoms with van der Waals surface area (Å²) in [6.45, 7) is 1.11. The summed E-state index contributed by atoms with van der Waals surface area (Å²) in [6, 6.07) is 11.4. The van der Waals surface area contributed by atoms with Crippen LogP contribution in [0.1, 0.15) is 11.1 Å². The minimum atomic E-state index is -0.568. The second-order valence-corrected chi connectivity index (χ2v) is 5.63. The van der Waals surface area contributed by atoms with Gasteiger partial charge >= 0.3 is 0 Å². The predicted molar refractivity (Wildman–Crippen MR) is 95.9 cm³/mol. The van der Waals surface area contributed by atoms with Gasteiger partial charge in [0.05, 0.1) is 7.11 Å². The highest BCUT2D eigenvalue weighted by molar-refractivity contribution is 5.79. The zero-order chi connectivity index (χ0) is 18.2. The number of ether oxygens (including phenoxy) is 1. The van der Waals surface area contributed by atoms with E-state index in [1.165, 1.54) is 12.1 Å². The number of nitrogens with zero attached hydrogens (tertiary/aromatic N) is 2. The molecule has 25 heavy (non-hydrogen) atoms. The molecule has 6 heteroatoms. The molecule has 0 aromatic heterocycles. The van der Waals surface area contributed by atoms with Crippen LogP contribution in [-0.2, 0) is 13.0 Å². The largest absolute Gasteiger partial charge is 0.496 e. The van der Waals surface area contributed by atoms with Gasteiger partial charge in [-0.3, -0.25) is 4.99 Å². The van der Waals surface area contributed by atoms with Crippen molar-refractivity contribution >= 4 is 5.96 Å². The second-order valence-electron chi connectivity index (χ2n) is 5.63. The van der Waals surface area contributed by atoms with Crippen molar-refractivity contribution in [3.8, 4) is 5.75 Å². The Morgan fingerprint density at radius 3 is 2.60 bits per heavy atom. The first-order chi connectivity index (χ1) is 12.0. The van der Waals surface area contributed by atoms with Crippen molar-refractivity contribution in [1.29, 1.82) is 0 Å². The summed E-state index contributed by atoms with van der Waals surface area (Å²) in [5.74, 6) is 0.410. The molecule has 0 heterocycles. The predicted octanol–water partition coefficient (Wildman–Crippen LogP) is 3.22. The fraction of sp³-hybridized carbons (Fsp3) is 0.316. The molecule has 0 saturated heterocycles. The normalized spacial score (nSPS) is 11.3. The number of benzene rings is 2. The Balaban J connectivity index is 1.93. The lowest BCUT2D eigenvalue weighted by atomic mass is 10.1. The molecule has 4 nitrogen and oxygen atoms in total. The van der Waals surface area contributed by atoms with Crippen molar-refractivity contribution in [3.63, 3.8) is 0 Å². The standard InChI is InChI=1S/C19H23F2N3O/c1-22-19(23-11-10-14-8-9-16(20)12-17(14)21)24(2)13-15-6-4-5-7-18(15)25-3/h4-9,12H,10-11,13H2,1-3H3,(H,22,23). The molecule has 0 radical (unpaired) electrons. The van der Waals surface area contributed by atoms with Crippen LogP contribution in [0.25, 0.3) is 0 Å². The fourth-order valence-electron chi connectivity index (χ4n) is 2.58. The lowest BCUT2D eigenvalue weighted by Crippen LogP contribution is -2.39. The van der Waals surface area contributed by atoms with Crippen molar-refractivity contribution in [2.24, 2.45) is 4.99 Å². The van der Waals surface area contributed by atoms with Crippen molar-refractivity contribution < 1.29 is 13.5 Å². The topological polar surface area (TPSA) is 36.9 Å². The Labute approximate surface area is 147 Å². The van der Waals surface area contributed by atoms with Gasteiger partial charge < -0.3 is 15.0 Å². The smallest absolute Gasteiger partial charge is 0.193 e. The van der Waals surface area contributed by atoms with Crippen LogP contribution in [0.4, 0.5) is 8.78 Å². The van der Waals surface area contributed by atoms with Gasteiger partial charge in [-0.1, -0.05) is 24.3 Å². The molecule has 0 fully saturated rings. The van der Waals surface area contributed by atoms with E-state index in [4.69, 9.17) is 4.74 Å². The fourth-order valence-corrected chi connectivity index (χ4v) is 2.58. The molecule has 0 atom stereocenters. The molecule has 0 aliphatic carbocycles. The number of halogens is 2. The maximum absolute atomic E-state index is 13.7. The molecule has 0 bridgehead atoms. The molecule has 0 saturated carbocycles. The lowest BCUT2D eigenvalue weighted by molar-refractivity contribution is 0.396. The van der Waals surface area contributed by atoms with Crippen LogP contribution < -0.4 is 10.1 Å². The summed E-state index contributed by atoms with van der Waals surface area (Å²) in [5, 5.41) is 3.19. The number of hydrogen-bond donors (Lipinski definition) is 1. The van der Waals surface area contributed by atoms with Crippen molar-refractivity contribution in [2.45, 2.75) is 13.0 Å². The first-order valence-corrected chi connectivity index (χ1v) is 8.02. The highest BCUT2D eigenvalue weighted by Crippen LogP contribution is 2.18. The molecule has 0 aliphatic heterocycles. The summed E-state index contributed by atoms with van der Waals surface area (Å²) >= 11 is 0. The van der Waals surface area contributed by atoms with E-state index >= 15 is 0 Å². The molecule has 0 unspecified atom stereocenters. The van der Waals surface area contributed by atoms with E-state index < -0.39 is 11.6 Å². The number of rotatable bonds is 6. The SMILES string of the molecule is CN=C(NCCc1ccc(F)cc1F)N(C)Cc1ccccc1OC. The van der Waals surface area contributed by atoms with Crippen LogP contribution in [0, 0.1) is 11.6 Å². The van der Waals surface area contributed by atoms with Gasteiger partial charge in [0.2, 0.25) is 0 Å². The Kier molecular flexibility index (Phi) is 6.74. The minimum absolute atomic E-state index is 0.438. The van der Waals surface area contributed by atoms with Gasteiger partial charge in [0, 0.05) is 38.8 Å². The third-order valence-corrected chi connectivity index (χ3v) is 3.87. The van der Waals surface area contributed by atoms with Gasteiger partial charge in [-0.2, -0.15) is 0 Å². The van der Waals surface area contributed by atoms with Gasteiger partial charge in [-0.05, 0) is 24.1 Å². The van der Waals surface area contributed by atoms with Gasteiger partial charge in [0.1, 0.15) is 17.4 Å². The molecule has 0 amide bonds. The van der Waals surface area contributed by atoms with E-state index in [-0.39, 0.29) is 0 Å². The van der Waals surface area contributed by atoms with Crippen molar-refractivity contribution in [3.05, 3.63) is 65.2 Å². The van der Waals surface area contributed by atoms with Crippen LogP contribution in [-0.4, -0.2) is 38.6 Å². The molecule has 0 spiro atoms. The number of para-hydroxylation sites is 1. The molecule has 134 valence electrons. The quantitative estimate of drug-likeness (QED) is 0.644. The molecule has 2 aromatic carbocycles. The Bertz CT molecular complexity index is 734. The second kappa shape index (κ2) is 9.01. The maximum atomic E-state index is 13.7. The minimum Gasteiger partial charge on any atom is -0.496 e. The zero-order valence-corrected chi connectivity index (χ0v) is 14.7. The van der Waals surface area contributed by atoms with Gasteiger partial charge in [0.25, 0.3) is 0 Å². The Morgan fingerprint density at radius 2 is 1.92 bits per heavy atom. The van der Waals surface area contributed by atoms with E-state index in [1.807, 2.05) is 36.2 Å². The van der Waals surface area contributed by atoms with Crippen LogP contribution in [0.15, 0.2) is 47.5 Å². The van der Waals surface area contributed by atoms with E-state index in [9.17, 15) is 8.78 Å². The number of nitrogens with one attached hydrogen (secondary N) is 1. The molecular formula is C19H23F2N3O. The van der Waals surface area contributed by atoms with Crippen LogP contribution >= 0.6 is 0 Å². The van der Waals surface area contributed by atoms with Crippen molar-refractivity contribution in [2.75, 3.05) is 27.7 Å².